The van der Waals surface area contributed by atoms with Gasteiger partial charge in [-0.15, -0.1) is 0 Å². The zero-order valence-corrected chi connectivity index (χ0v) is 15.0. The van der Waals surface area contributed by atoms with E-state index in [1.54, 1.807) is 6.07 Å². The van der Waals surface area contributed by atoms with Gasteiger partial charge in [0.2, 0.25) is 0 Å². The molecule has 136 valence electrons. The van der Waals surface area contributed by atoms with E-state index in [-0.39, 0.29) is 12.3 Å². The molecule has 2 aromatic rings. The first-order valence-corrected chi connectivity index (χ1v) is 7.88. The molecule has 0 aromatic heterocycles. The molecular weight excluding hydrogens is 385 g/mol. The van der Waals surface area contributed by atoms with Crippen LogP contribution in [-0.2, 0) is 4.79 Å². The highest BCUT2D eigenvalue weighted by molar-refractivity contribution is 6.36. The highest BCUT2D eigenvalue weighted by Crippen LogP contribution is 2.31. The Hall–Kier alpha value is -2.84. The zero-order valence-electron chi connectivity index (χ0n) is 13.4. The van der Waals surface area contributed by atoms with Crippen molar-refractivity contribution < 1.29 is 19.2 Å². The maximum absolute atomic E-state index is 11.7. The average Bonchev–Trinajstić information content (AvgIpc) is 2.60. The van der Waals surface area contributed by atoms with Crippen LogP contribution in [0, 0.1) is 10.1 Å². The van der Waals surface area contributed by atoms with Crippen molar-refractivity contribution >= 4 is 41.0 Å². The van der Waals surface area contributed by atoms with E-state index in [9.17, 15) is 14.9 Å². The summed E-state index contributed by atoms with van der Waals surface area (Å²) in [5.41, 5.74) is 2.70. The van der Waals surface area contributed by atoms with Crippen molar-refractivity contribution in [1.82, 2.24) is 5.43 Å². The lowest BCUT2D eigenvalue weighted by atomic mass is 10.2. The van der Waals surface area contributed by atoms with Crippen LogP contribution in [0.2, 0.25) is 10.0 Å². The van der Waals surface area contributed by atoms with Crippen molar-refractivity contribution in [2.45, 2.75) is 0 Å². The quantitative estimate of drug-likeness (QED) is 0.437. The van der Waals surface area contributed by atoms with Gasteiger partial charge in [0, 0.05) is 22.7 Å². The second-order valence-corrected chi connectivity index (χ2v) is 5.69. The highest BCUT2D eigenvalue weighted by atomic mass is 35.5. The van der Waals surface area contributed by atoms with Crippen molar-refractivity contribution in [2.75, 3.05) is 13.7 Å². The summed E-state index contributed by atoms with van der Waals surface area (Å²) < 4.78 is 10.4. The van der Waals surface area contributed by atoms with E-state index in [1.807, 2.05) is 0 Å². The van der Waals surface area contributed by atoms with Gasteiger partial charge in [-0.05, 0) is 24.3 Å². The van der Waals surface area contributed by atoms with Gasteiger partial charge in [-0.1, -0.05) is 23.2 Å². The number of hydrogen-bond donors (Lipinski definition) is 1. The van der Waals surface area contributed by atoms with E-state index < -0.39 is 10.8 Å². The molecule has 0 aliphatic heterocycles. The molecule has 2 rings (SSSR count). The van der Waals surface area contributed by atoms with Crippen LogP contribution in [0.5, 0.6) is 11.5 Å². The molecule has 0 bridgehead atoms. The van der Waals surface area contributed by atoms with Gasteiger partial charge in [0.25, 0.3) is 11.6 Å². The SMILES string of the molecule is COc1c(Cl)cc(Cl)cc1/C=N\NC(=O)COc1ccc([N+](=O)[O-])cc1. The first-order valence-electron chi connectivity index (χ1n) is 7.13. The number of halogens is 2. The number of benzene rings is 2. The molecule has 0 spiro atoms. The largest absolute Gasteiger partial charge is 0.495 e. The Morgan fingerprint density at radius 2 is 2.00 bits per heavy atom. The number of hydrogen-bond acceptors (Lipinski definition) is 6. The van der Waals surface area contributed by atoms with Crippen LogP contribution in [0.1, 0.15) is 5.56 Å². The Kier molecular flexibility index (Phi) is 6.76. The van der Waals surface area contributed by atoms with Gasteiger partial charge in [-0.25, -0.2) is 5.43 Å². The minimum Gasteiger partial charge on any atom is -0.495 e. The summed E-state index contributed by atoms with van der Waals surface area (Å²) in [6.07, 6.45) is 1.33. The number of nitro benzene ring substituents is 1. The third-order valence-corrected chi connectivity index (χ3v) is 3.55. The number of carbonyl (C=O) groups excluding carboxylic acids is 1. The van der Waals surface area contributed by atoms with Crippen molar-refractivity contribution in [2.24, 2.45) is 5.10 Å². The van der Waals surface area contributed by atoms with Gasteiger partial charge in [0.1, 0.15) is 11.5 Å². The Morgan fingerprint density at radius 1 is 1.31 bits per heavy atom. The van der Waals surface area contributed by atoms with Crippen LogP contribution < -0.4 is 14.9 Å². The molecule has 26 heavy (non-hydrogen) atoms. The van der Waals surface area contributed by atoms with Gasteiger partial charge in [0.05, 0.1) is 23.3 Å². The summed E-state index contributed by atoms with van der Waals surface area (Å²) in [7, 11) is 1.45. The molecule has 0 aliphatic rings. The van der Waals surface area contributed by atoms with Crippen LogP contribution in [0.3, 0.4) is 0 Å². The Bertz CT molecular complexity index is 841. The van der Waals surface area contributed by atoms with Gasteiger partial charge in [-0.2, -0.15) is 5.10 Å². The van der Waals surface area contributed by atoms with Crippen LogP contribution in [0.25, 0.3) is 0 Å². The molecule has 0 atom stereocenters. The second kappa shape index (κ2) is 9.02. The highest BCUT2D eigenvalue weighted by Gasteiger charge is 2.09. The molecule has 1 amide bonds. The molecule has 0 aliphatic carbocycles. The third-order valence-electron chi connectivity index (χ3n) is 3.05. The monoisotopic (exact) mass is 397 g/mol. The molecular formula is C16H13Cl2N3O5. The number of nitrogens with one attached hydrogen (secondary N) is 1. The first-order chi connectivity index (χ1) is 12.4. The molecule has 1 N–H and O–H groups in total. The van der Waals surface area contributed by atoms with E-state index in [4.69, 9.17) is 32.7 Å². The molecule has 0 saturated heterocycles. The number of nitrogens with zero attached hydrogens (tertiary/aromatic N) is 2. The van der Waals surface area contributed by atoms with Crippen molar-refractivity contribution in [3.05, 3.63) is 62.1 Å². The van der Waals surface area contributed by atoms with Crippen molar-refractivity contribution in [1.29, 1.82) is 0 Å². The Labute approximate surface area is 158 Å². The van der Waals surface area contributed by atoms with E-state index in [0.717, 1.165) is 0 Å². The predicted molar refractivity (Wildman–Crippen MR) is 97.3 cm³/mol. The van der Waals surface area contributed by atoms with Crippen molar-refractivity contribution in [3.8, 4) is 11.5 Å². The van der Waals surface area contributed by atoms with Crippen molar-refractivity contribution in [3.63, 3.8) is 0 Å². The minimum absolute atomic E-state index is 0.0690. The number of non-ortho nitro benzene ring substituents is 1. The number of amides is 1. The fraction of sp³-hybridized carbons (Fsp3) is 0.125. The standard InChI is InChI=1S/C16H13Cl2N3O5/c1-25-16-10(6-11(17)7-14(16)18)8-19-20-15(22)9-26-13-4-2-12(3-5-13)21(23)24/h2-8H,9H2,1H3,(H,20,22)/b19-8-. The molecule has 0 radical (unpaired) electrons. The van der Waals surface area contributed by atoms with Crippen LogP contribution in [0.15, 0.2) is 41.5 Å². The fourth-order valence-electron chi connectivity index (χ4n) is 1.91. The van der Waals surface area contributed by atoms with Gasteiger partial charge < -0.3 is 9.47 Å². The molecule has 10 heteroatoms. The number of nitro groups is 1. The number of ether oxygens (including phenoxy) is 2. The summed E-state index contributed by atoms with van der Waals surface area (Å²) in [6.45, 7) is -0.317. The molecule has 0 saturated carbocycles. The molecule has 0 fully saturated rings. The average molecular weight is 398 g/mol. The fourth-order valence-corrected chi connectivity index (χ4v) is 2.50. The molecule has 8 nitrogen and oxygen atoms in total. The zero-order chi connectivity index (χ0) is 19.1. The first kappa shape index (κ1) is 19.5. The summed E-state index contributed by atoms with van der Waals surface area (Å²) in [5.74, 6) is 0.168. The normalized spacial score (nSPS) is 10.6. The lowest BCUT2D eigenvalue weighted by Crippen LogP contribution is -2.24. The minimum atomic E-state index is -0.526. The predicted octanol–water partition coefficient (Wildman–Crippen LogP) is 3.44. The number of hydrazone groups is 1. The van der Waals surface area contributed by atoms with Gasteiger partial charge in [0.15, 0.2) is 6.61 Å². The summed E-state index contributed by atoms with van der Waals surface area (Å²) in [4.78, 5) is 21.8. The summed E-state index contributed by atoms with van der Waals surface area (Å²) >= 11 is 11.9. The summed E-state index contributed by atoms with van der Waals surface area (Å²) in [5, 5.41) is 15.1. The Morgan fingerprint density at radius 3 is 2.62 bits per heavy atom. The number of carbonyl (C=O) groups is 1. The number of rotatable bonds is 7. The maximum atomic E-state index is 11.7. The lowest BCUT2D eigenvalue weighted by Gasteiger charge is -2.07. The van der Waals surface area contributed by atoms with E-state index in [1.165, 1.54) is 43.7 Å². The lowest BCUT2D eigenvalue weighted by molar-refractivity contribution is -0.384. The van der Waals surface area contributed by atoms with Crippen LogP contribution >= 0.6 is 23.2 Å². The third kappa shape index (κ3) is 5.33. The van der Waals surface area contributed by atoms with E-state index in [0.29, 0.717) is 27.1 Å². The molecule has 2 aromatic carbocycles. The van der Waals surface area contributed by atoms with Gasteiger partial charge in [-0.3, -0.25) is 14.9 Å². The van der Waals surface area contributed by atoms with E-state index in [2.05, 4.69) is 10.5 Å². The van der Waals surface area contributed by atoms with Gasteiger partial charge >= 0.3 is 0 Å². The summed E-state index contributed by atoms with van der Waals surface area (Å²) in [6, 6.07) is 8.45. The topological polar surface area (TPSA) is 103 Å². The maximum Gasteiger partial charge on any atom is 0.277 e. The smallest absolute Gasteiger partial charge is 0.277 e. The molecule has 0 unspecified atom stereocenters. The van der Waals surface area contributed by atoms with Crippen LogP contribution in [-0.4, -0.2) is 30.8 Å². The Balaban J connectivity index is 1.90. The van der Waals surface area contributed by atoms with Crippen LogP contribution in [0.4, 0.5) is 5.69 Å². The second-order valence-electron chi connectivity index (χ2n) is 4.84. The van der Waals surface area contributed by atoms with E-state index >= 15 is 0 Å². The molecule has 0 heterocycles. The number of methoxy groups -OCH3 is 1.